The van der Waals surface area contributed by atoms with E-state index in [-0.39, 0.29) is 29.3 Å². The van der Waals surface area contributed by atoms with Gasteiger partial charge < -0.3 is 19.9 Å². The zero-order valence-electron chi connectivity index (χ0n) is 16.4. The van der Waals surface area contributed by atoms with E-state index >= 15 is 0 Å². The van der Waals surface area contributed by atoms with Crippen LogP contribution in [0, 0.1) is 5.82 Å². The predicted molar refractivity (Wildman–Crippen MR) is 102 cm³/mol. The number of nitrogens with one attached hydrogen (secondary N) is 1. The van der Waals surface area contributed by atoms with E-state index in [1.165, 1.54) is 38.4 Å². The molecule has 0 spiro atoms. The van der Waals surface area contributed by atoms with Crippen molar-refractivity contribution in [3.63, 3.8) is 0 Å². The molecule has 1 aromatic heterocycles. The molecule has 1 heterocycles. The first-order valence-electron chi connectivity index (χ1n) is 9.33. The molecule has 0 bridgehead atoms. The molecule has 0 fully saturated rings. The number of nitrogens with zero attached hydrogens (tertiary/aromatic N) is 1. The number of aryl methyl sites for hydroxylation is 1. The SMILES string of the molecule is COc1ccnc(C(=O)N[C@@H](C)C(=O)O[C@H]2CCc3cc(F)ccc3[C@@H]2C)c1O. The molecule has 154 valence electrons. The Labute approximate surface area is 167 Å². The molecule has 29 heavy (non-hydrogen) atoms. The number of aromatic hydroxyl groups is 1. The quantitative estimate of drug-likeness (QED) is 0.747. The first-order chi connectivity index (χ1) is 13.8. The standard InChI is InChI=1S/C21H23FN2O5/c1-11-15-6-5-14(22)10-13(15)4-7-16(11)29-21(27)12(2)24-20(26)18-19(25)17(28-3)8-9-23-18/h5-6,8-12,16,25H,4,7H2,1-3H3,(H,24,26)/t11-,12-,16-/m0/s1. The van der Waals surface area contributed by atoms with Crippen molar-refractivity contribution in [3.05, 3.63) is 53.1 Å². The summed E-state index contributed by atoms with van der Waals surface area (Å²) in [6.07, 6.45) is 2.13. The topological polar surface area (TPSA) is 97.8 Å². The zero-order chi connectivity index (χ0) is 21.1. The fourth-order valence-corrected chi connectivity index (χ4v) is 3.49. The number of amides is 1. The lowest BCUT2D eigenvalue weighted by Crippen LogP contribution is -2.42. The third-order valence-electron chi connectivity index (χ3n) is 5.14. The molecule has 1 aliphatic rings. The fourth-order valence-electron chi connectivity index (χ4n) is 3.49. The van der Waals surface area contributed by atoms with Crippen molar-refractivity contribution >= 4 is 11.9 Å². The van der Waals surface area contributed by atoms with Gasteiger partial charge in [-0.05, 0) is 43.0 Å². The minimum absolute atomic E-state index is 0.0877. The number of hydrogen-bond donors (Lipinski definition) is 2. The molecule has 3 rings (SSSR count). The number of hydrogen-bond acceptors (Lipinski definition) is 6. The lowest BCUT2D eigenvalue weighted by molar-refractivity contribution is -0.152. The fraction of sp³-hybridized carbons (Fsp3) is 0.381. The molecule has 2 N–H and O–H groups in total. The summed E-state index contributed by atoms with van der Waals surface area (Å²) in [4.78, 5) is 28.7. The smallest absolute Gasteiger partial charge is 0.328 e. The molecule has 8 heteroatoms. The Morgan fingerprint density at radius 3 is 2.83 bits per heavy atom. The summed E-state index contributed by atoms with van der Waals surface area (Å²) in [5, 5.41) is 12.5. The summed E-state index contributed by atoms with van der Waals surface area (Å²) in [7, 11) is 1.36. The maximum absolute atomic E-state index is 13.4. The predicted octanol–water partition coefficient (Wildman–Crippen LogP) is 2.71. The van der Waals surface area contributed by atoms with Crippen LogP contribution in [0.15, 0.2) is 30.5 Å². The van der Waals surface area contributed by atoms with Crippen LogP contribution in [0.25, 0.3) is 0 Å². The number of fused-ring (bicyclic) bond motifs is 1. The van der Waals surface area contributed by atoms with E-state index in [1.807, 2.05) is 6.92 Å². The molecule has 3 atom stereocenters. The molecule has 1 aromatic carbocycles. The Morgan fingerprint density at radius 2 is 2.10 bits per heavy atom. The van der Waals surface area contributed by atoms with E-state index in [1.54, 1.807) is 6.07 Å². The second-order valence-corrected chi connectivity index (χ2v) is 7.05. The number of esters is 1. The first-order valence-corrected chi connectivity index (χ1v) is 9.33. The molecule has 1 amide bonds. The van der Waals surface area contributed by atoms with Gasteiger partial charge in [-0.1, -0.05) is 13.0 Å². The van der Waals surface area contributed by atoms with E-state index < -0.39 is 23.7 Å². The minimum Gasteiger partial charge on any atom is -0.503 e. The van der Waals surface area contributed by atoms with Crippen molar-refractivity contribution in [2.75, 3.05) is 7.11 Å². The monoisotopic (exact) mass is 402 g/mol. The average Bonchev–Trinajstić information content (AvgIpc) is 2.70. The maximum Gasteiger partial charge on any atom is 0.328 e. The van der Waals surface area contributed by atoms with E-state index in [0.29, 0.717) is 12.8 Å². The number of carbonyl (C=O) groups excluding carboxylic acids is 2. The van der Waals surface area contributed by atoms with Gasteiger partial charge in [0.05, 0.1) is 7.11 Å². The van der Waals surface area contributed by atoms with E-state index in [0.717, 1.165) is 11.1 Å². The number of pyridine rings is 1. The van der Waals surface area contributed by atoms with Crippen LogP contribution in [0.3, 0.4) is 0 Å². The maximum atomic E-state index is 13.4. The summed E-state index contributed by atoms with van der Waals surface area (Å²) in [5.41, 5.74) is 1.63. The van der Waals surface area contributed by atoms with Crippen LogP contribution >= 0.6 is 0 Å². The van der Waals surface area contributed by atoms with Crippen molar-refractivity contribution in [2.45, 2.75) is 44.8 Å². The molecule has 2 aromatic rings. The third kappa shape index (κ3) is 4.31. The minimum atomic E-state index is -0.947. The van der Waals surface area contributed by atoms with Crippen LogP contribution in [0.1, 0.15) is 47.8 Å². The Hall–Kier alpha value is -3.16. The second-order valence-electron chi connectivity index (χ2n) is 7.05. The summed E-state index contributed by atoms with van der Waals surface area (Å²) in [6.45, 7) is 3.42. The molecule has 7 nitrogen and oxygen atoms in total. The Morgan fingerprint density at radius 1 is 1.34 bits per heavy atom. The van der Waals surface area contributed by atoms with Crippen molar-refractivity contribution in [1.82, 2.24) is 10.3 Å². The van der Waals surface area contributed by atoms with Crippen molar-refractivity contribution < 1.29 is 28.6 Å². The van der Waals surface area contributed by atoms with Gasteiger partial charge in [0.1, 0.15) is 18.0 Å². The third-order valence-corrected chi connectivity index (χ3v) is 5.14. The second kappa shape index (κ2) is 8.46. The molecular weight excluding hydrogens is 379 g/mol. The Balaban J connectivity index is 1.64. The van der Waals surface area contributed by atoms with Gasteiger partial charge in [-0.2, -0.15) is 0 Å². The number of carbonyl (C=O) groups is 2. The van der Waals surface area contributed by atoms with Crippen LogP contribution in [-0.2, 0) is 16.0 Å². The van der Waals surface area contributed by atoms with Gasteiger partial charge in [0.15, 0.2) is 17.2 Å². The van der Waals surface area contributed by atoms with Crippen LogP contribution in [0.4, 0.5) is 4.39 Å². The van der Waals surface area contributed by atoms with Crippen LogP contribution in [0.5, 0.6) is 11.5 Å². The highest BCUT2D eigenvalue weighted by atomic mass is 19.1. The molecule has 1 aliphatic carbocycles. The molecule has 0 radical (unpaired) electrons. The number of halogens is 1. The van der Waals surface area contributed by atoms with Gasteiger partial charge in [0.2, 0.25) is 0 Å². The number of ether oxygens (including phenoxy) is 2. The van der Waals surface area contributed by atoms with E-state index in [4.69, 9.17) is 9.47 Å². The van der Waals surface area contributed by atoms with Gasteiger partial charge in [-0.25, -0.2) is 14.2 Å². The van der Waals surface area contributed by atoms with Gasteiger partial charge in [-0.3, -0.25) is 4.79 Å². The highest BCUT2D eigenvalue weighted by Crippen LogP contribution is 2.34. The van der Waals surface area contributed by atoms with Crippen molar-refractivity contribution in [2.24, 2.45) is 0 Å². The average molecular weight is 402 g/mol. The summed E-state index contributed by atoms with van der Waals surface area (Å²) in [5.74, 6) is -1.98. The van der Waals surface area contributed by atoms with Crippen LogP contribution in [0.2, 0.25) is 0 Å². The van der Waals surface area contributed by atoms with Crippen LogP contribution in [-0.4, -0.2) is 41.2 Å². The van der Waals surface area contributed by atoms with Gasteiger partial charge in [0, 0.05) is 18.2 Å². The largest absolute Gasteiger partial charge is 0.503 e. The van der Waals surface area contributed by atoms with E-state index in [2.05, 4.69) is 10.3 Å². The van der Waals surface area contributed by atoms with Crippen LogP contribution < -0.4 is 10.1 Å². The normalized spacial score (nSPS) is 19.0. The number of benzene rings is 1. The summed E-state index contributed by atoms with van der Waals surface area (Å²) < 4.78 is 24.0. The highest BCUT2D eigenvalue weighted by molar-refractivity contribution is 5.97. The van der Waals surface area contributed by atoms with Gasteiger partial charge in [-0.15, -0.1) is 0 Å². The first kappa shape index (κ1) is 20.6. The number of aromatic nitrogens is 1. The number of methoxy groups -OCH3 is 1. The van der Waals surface area contributed by atoms with Gasteiger partial charge >= 0.3 is 5.97 Å². The van der Waals surface area contributed by atoms with Crippen molar-refractivity contribution in [1.29, 1.82) is 0 Å². The molecule has 0 saturated heterocycles. The molecular formula is C21H23FN2O5. The Bertz CT molecular complexity index is 933. The van der Waals surface area contributed by atoms with Gasteiger partial charge in [0.25, 0.3) is 5.91 Å². The number of rotatable bonds is 5. The van der Waals surface area contributed by atoms with Crippen molar-refractivity contribution in [3.8, 4) is 11.5 Å². The summed E-state index contributed by atoms with van der Waals surface area (Å²) in [6, 6.07) is 5.10. The lowest BCUT2D eigenvalue weighted by Gasteiger charge is -2.31. The van der Waals surface area contributed by atoms with E-state index in [9.17, 15) is 19.1 Å². The molecule has 0 unspecified atom stereocenters. The molecule has 0 aliphatic heterocycles. The zero-order valence-corrected chi connectivity index (χ0v) is 16.4. The lowest BCUT2D eigenvalue weighted by atomic mass is 9.82. The Kier molecular flexibility index (Phi) is 6.00. The highest BCUT2D eigenvalue weighted by Gasteiger charge is 2.31. The molecule has 0 saturated carbocycles. The summed E-state index contributed by atoms with van der Waals surface area (Å²) >= 11 is 0.